The minimum Gasteiger partial charge on any atom is -0.353 e. The molecule has 3 atom stereocenters. The Kier molecular flexibility index (Phi) is 3.70. The molecule has 0 N–H and O–H groups in total. The summed E-state index contributed by atoms with van der Waals surface area (Å²) in [5, 5.41) is 10.7. The predicted molar refractivity (Wildman–Crippen MR) is 88.5 cm³/mol. The van der Waals surface area contributed by atoms with Crippen molar-refractivity contribution in [3.05, 3.63) is 40.6 Å². The maximum absolute atomic E-state index is 12.7. The number of carbonyl (C=O) groups is 1. The Balaban J connectivity index is 1.35. The second-order valence-corrected chi connectivity index (χ2v) is 6.83. The molecule has 3 aliphatic rings. The summed E-state index contributed by atoms with van der Waals surface area (Å²) >= 11 is 0. The van der Waals surface area contributed by atoms with Gasteiger partial charge in [0.2, 0.25) is 5.91 Å². The molecule has 7 nitrogen and oxygen atoms in total. The fraction of sp³-hybridized carbons (Fsp3) is 0.529. The highest BCUT2D eigenvalue weighted by atomic mass is 16.6. The first-order chi connectivity index (χ1) is 11.6. The number of hydrogen-bond acceptors (Lipinski definition) is 5. The summed E-state index contributed by atoms with van der Waals surface area (Å²) in [7, 11) is 0. The van der Waals surface area contributed by atoms with Crippen molar-refractivity contribution in [2.24, 2.45) is 17.8 Å². The molecule has 2 heterocycles. The monoisotopic (exact) mass is 328 g/mol. The number of rotatable bonds is 3. The van der Waals surface area contributed by atoms with E-state index in [0.717, 1.165) is 18.7 Å². The third kappa shape index (κ3) is 2.64. The molecule has 1 saturated carbocycles. The molecule has 0 unspecified atom stereocenters. The zero-order valence-corrected chi connectivity index (χ0v) is 13.4. The number of aromatic nitrogens is 1. The molecule has 24 heavy (non-hydrogen) atoms. The van der Waals surface area contributed by atoms with E-state index in [-0.39, 0.29) is 11.6 Å². The van der Waals surface area contributed by atoms with E-state index in [1.165, 1.54) is 12.3 Å². The van der Waals surface area contributed by atoms with Crippen molar-refractivity contribution in [2.75, 3.05) is 31.1 Å². The van der Waals surface area contributed by atoms with Gasteiger partial charge >= 0.3 is 0 Å². The number of nitro groups is 1. The highest BCUT2D eigenvalue weighted by molar-refractivity contribution is 5.80. The van der Waals surface area contributed by atoms with Crippen LogP contribution >= 0.6 is 0 Å². The molecule has 0 radical (unpaired) electrons. The van der Waals surface area contributed by atoms with Gasteiger partial charge in [0.05, 0.1) is 4.92 Å². The van der Waals surface area contributed by atoms with Gasteiger partial charge in [-0.15, -0.1) is 0 Å². The molecule has 126 valence electrons. The quantitative estimate of drug-likeness (QED) is 0.481. The van der Waals surface area contributed by atoms with E-state index in [9.17, 15) is 14.9 Å². The van der Waals surface area contributed by atoms with E-state index < -0.39 is 4.92 Å². The van der Waals surface area contributed by atoms with Crippen molar-refractivity contribution >= 4 is 17.4 Å². The average Bonchev–Trinajstić information content (AvgIpc) is 3.25. The standard InChI is InChI=1S/C17H20N4O3/c22-17(15-10-12-1-2-13(15)9-12)20-7-5-19(6-8-20)16-4-3-14(11-18-16)21(23)24/h1-4,11-13,15H,5-10H2/t12-,13-,15-/m0/s1. The van der Waals surface area contributed by atoms with Crippen molar-refractivity contribution < 1.29 is 9.72 Å². The minimum absolute atomic E-state index is 0.00287. The Morgan fingerprint density at radius 2 is 1.96 bits per heavy atom. The number of pyridine rings is 1. The van der Waals surface area contributed by atoms with Crippen LogP contribution < -0.4 is 4.90 Å². The third-order valence-corrected chi connectivity index (χ3v) is 5.45. The maximum atomic E-state index is 12.7. The number of piperazine rings is 1. The summed E-state index contributed by atoms with van der Waals surface area (Å²) < 4.78 is 0. The molecule has 2 bridgehead atoms. The highest BCUT2D eigenvalue weighted by Gasteiger charge is 2.41. The minimum atomic E-state index is -0.447. The molecule has 1 amide bonds. The van der Waals surface area contributed by atoms with Gasteiger partial charge in [0.15, 0.2) is 0 Å². The number of nitrogens with zero attached hydrogens (tertiary/aromatic N) is 4. The van der Waals surface area contributed by atoms with Gasteiger partial charge in [-0.05, 0) is 30.7 Å². The maximum Gasteiger partial charge on any atom is 0.287 e. The van der Waals surface area contributed by atoms with Gasteiger partial charge in [-0.25, -0.2) is 4.98 Å². The van der Waals surface area contributed by atoms with Crippen LogP contribution in [0.3, 0.4) is 0 Å². The number of hydrogen-bond donors (Lipinski definition) is 0. The van der Waals surface area contributed by atoms with Crippen LogP contribution in [-0.4, -0.2) is 46.9 Å². The lowest BCUT2D eigenvalue weighted by Gasteiger charge is -2.37. The molecule has 0 aromatic carbocycles. The smallest absolute Gasteiger partial charge is 0.287 e. The Morgan fingerprint density at radius 1 is 1.17 bits per heavy atom. The normalized spacial score (nSPS) is 28.4. The lowest BCUT2D eigenvalue weighted by molar-refractivity contribution is -0.385. The SMILES string of the molecule is O=C([C@H]1C[C@H]2C=C[C@H]1C2)N1CCN(c2ccc([N+](=O)[O-])cn2)CC1. The summed E-state index contributed by atoms with van der Waals surface area (Å²) in [5.41, 5.74) is -0.00287. The van der Waals surface area contributed by atoms with Crippen molar-refractivity contribution in [1.29, 1.82) is 0 Å². The second kappa shape index (κ2) is 5.89. The average molecular weight is 328 g/mol. The summed E-state index contributed by atoms with van der Waals surface area (Å²) in [4.78, 5) is 31.2. The van der Waals surface area contributed by atoms with E-state index in [2.05, 4.69) is 22.0 Å². The first-order valence-electron chi connectivity index (χ1n) is 8.44. The first kappa shape index (κ1) is 15.1. The van der Waals surface area contributed by atoms with Crippen LogP contribution in [0.4, 0.5) is 11.5 Å². The molecule has 7 heteroatoms. The van der Waals surface area contributed by atoms with E-state index in [1.54, 1.807) is 6.07 Å². The predicted octanol–water partition coefficient (Wildman–Crippen LogP) is 1.85. The molecule has 1 saturated heterocycles. The number of carbonyl (C=O) groups excluding carboxylic acids is 1. The van der Waals surface area contributed by atoms with Crippen LogP contribution in [0.2, 0.25) is 0 Å². The zero-order chi connectivity index (χ0) is 16.7. The summed E-state index contributed by atoms with van der Waals surface area (Å²) in [5.74, 6) is 2.24. The first-order valence-corrected chi connectivity index (χ1v) is 8.44. The number of amides is 1. The Bertz CT molecular complexity index is 680. The molecule has 1 aromatic rings. The van der Waals surface area contributed by atoms with Crippen LogP contribution in [-0.2, 0) is 4.79 Å². The van der Waals surface area contributed by atoms with Gasteiger partial charge in [-0.1, -0.05) is 12.2 Å². The van der Waals surface area contributed by atoms with E-state index in [0.29, 0.717) is 43.9 Å². The van der Waals surface area contributed by atoms with Gasteiger partial charge in [0.1, 0.15) is 12.0 Å². The highest BCUT2D eigenvalue weighted by Crippen LogP contribution is 2.44. The molecule has 1 aromatic heterocycles. The Morgan fingerprint density at radius 3 is 2.50 bits per heavy atom. The number of allylic oxidation sites excluding steroid dienone is 2. The Hall–Kier alpha value is -2.44. The third-order valence-electron chi connectivity index (χ3n) is 5.45. The van der Waals surface area contributed by atoms with E-state index in [4.69, 9.17) is 0 Å². The van der Waals surface area contributed by atoms with Crippen LogP contribution in [0.15, 0.2) is 30.5 Å². The van der Waals surface area contributed by atoms with Crippen molar-refractivity contribution in [3.63, 3.8) is 0 Å². The molecule has 4 rings (SSSR count). The molecular formula is C17H20N4O3. The zero-order valence-electron chi connectivity index (χ0n) is 13.4. The summed E-state index contributed by atoms with van der Waals surface area (Å²) in [6.45, 7) is 2.81. The van der Waals surface area contributed by atoms with Crippen molar-refractivity contribution in [3.8, 4) is 0 Å². The van der Waals surface area contributed by atoms with E-state index in [1.807, 2.05) is 4.90 Å². The van der Waals surface area contributed by atoms with Crippen LogP contribution in [0, 0.1) is 27.9 Å². The molecule has 2 aliphatic carbocycles. The second-order valence-electron chi connectivity index (χ2n) is 6.83. The fourth-order valence-corrected chi connectivity index (χ4v) is 4.13. The molecular weight excluding hydrogens is 308 g/mol. The molecule has 2 fully saturated rings. The topological polar surface area (TPSA) is 79.6 Å². The summed E-state index contributed by atoms with van der Waals surface area (Å²) in [6, 6.07) is 3.15. The van der Waals surface area contributed by atoms with Crippen LogP contribution in [0.1, 0.15) is 12.8 Å². The van der Waals surface area contributed by atoms with Gasteiger partial charge in [0.25, 0.3) is 5.69 Å². The fourth-order valence-electron chi connectivity index (χ4n) is 4.13. The van der Waals surface area contributed by atoms with E-state index >= 15 is 0 Å². The number of fused-ring (bicyclic) bond motifs is 2. The summed E-state index contributed by atoms with van der Waals surface area (Å²) in [6.07, 6.45) is 7.90. The largest absolute Gasteiger partial charge is 0.353 e. The van der Waals surface area contributed by atoms with Crippen LogP contribution in [0.25, 0.3) is 0 Å². The lowest BCUT2D eigenvalue weighted by atomic mass is 9.92. The lowest BCUT2D eigenvalue weighted by Crippen LogP contribution is -2.51. The molecule has 1 aliphatic heterocycles. The van der Waals surface area contributed by atoms with Gasteiger partial charge in [0, 0.05) is 38.2 Å². The van der Waals surface area contributed by atoms with Crippen molar-refractivity contribution in [1.82, 2.24) is 9.88 Å². The Labute approximate surface area is 140 Å². The van der Waals surface area contributed by atoms with Crippen molar-refractivity contribution in [2.45, 2.75) is 12.8 Å². The molecule has 0 spiro atoms. The number of anilines is 1. The van der Waals surface area contributed by atoms with Gasteiger partial charge in [-0.3, -0.25) is 14.9 Å². The van der Waals surface area contributed by atoms with Gasteiger partial charge in [-0.2, -0.15) is 0 Å². The van der Waals surface area contributed by atoms with Crippen LogP contribution in [0.5, 0.6) is 0 Å². The van der Waals surface area contributed by atoms with Gasteiger partial charge < -0.3 is 9.80 Å².